The van der Waals surface area contributed by atoms with Gasteiger partial charge in [-0.15, -0.1) is 0 Å². The van der Waals surface area contributed by atoms with Crippen LogP contribution in [0.1, 0.15) is 31.7 Å². The number of ether oxygens (including phenoxy) is 1. The van der Waals surface area contributed by atoms with E-state index in [1.165, 1.54) is 12.6 Å². The number of rotatable bonds is 2. The largest absolute Gasteiger partial charge is 0.364 e. The smallest absolute Gasteiger partial charge is 0.219 e. The van der Waals surface area contributed by atoms with Gasteiger partial charge in [-0.2, -0.15) is 4.39 Å². The van der Waals surface area contributed by atoms with Gasteiger partial charge in [0, 0.05) is 17.2 Å². The molecule has 2 nitrogen and oxygen atoms in total. The lowest BCUT2D eigenvalue weighted by Crippen LogP contribution is -2.40. The van der Waals surface area contributed by atoms with Crippen molar-refractivity contribution in [2.45, 2.75) is 31.8 Å². The van der Waals surface area contributed by atoms with Crippen molar-refractivity contribution in [3.63, 3.8) is 0 Å². The van der Waals surface area contributed by atoms with Crippen LogP contribution in [0.3, 0.4) is 0 Å². The fraction of sp³-hybridized carbons (Fsp3) is 0.583. The van der Waals surface area contributed by atoms with Gasteiger partial charge in [-0.25, -0.2) is 4.98 Å². The summed E-state index contributed by atoms with van der Waals surface area (Å²) in [5.41, 5.74) is 0.396. The van der Waals surface area contributed by atoms with Crippen LogP contribution in [-0.2, 0) is 10.3 Å². The molecular formula is C12H14FNO. The fourth-order valence-corrected chi connectivity index (χ4v) is 2.70. The number of pyridine rings is 1. The van der Waals surface area contributed by atoms with E-state index >= 15 is 0 Å². The van der Waals surface area contributed by atoms with Gasteiger partial charge in [-0.3, -0.25) is 0 Å². The molecule has 1 aromatic rings. The molecule has 0 N–H and O–H groups in total. The molecular weight excluding hydrogens is 193 g/mol. The molecule has 1 saturated carbocycles. The van der Waals surface area contributed by atoms with Crippen LogP contribution >= 0.6 is 0 Å². The van der Waals surface area contributed by atoms with Gasteiger partial charge in [0.15, 0.2) is 0 Å². The quantitative estimate of drug-likeness (QED) is 0.550. The second-order valence-corrected chi connectivity index (χ2v) is 4.87. The Balaban J connectivity index is 2.03. The molecule has 1 unspecified atom stereocenters. The van der Waals surface area contributed by atoms with Crippen molar-refractivity contribution in [1.29, 1.82) is 0 Å². The zero-order valence-corrected chi connectivity index (χ0v) is 8.79. The van der Waals surface area contributed by atoms with E-state index in [1.807, 2.05) is 0 Å². The molecule has 2 heterocycles. The average Bonchev–Trinajstić information content (AvgIpc) is 2.96. The van der Waals surface area contributed by atoms with Crippen molar-refractivity contribution in [2.75, 3.05) is 6.61 Å². The number of hydrogen-bond donors (Lipinski definition) is 0. The number of epoxide rings is 1. The van der Waals surface area contributed by atoms with Gasteiger partial charge in [0.25, 0.3) is 0 Å². The number of aromatic nitrogens is 1. The van der Waals surface area contributed by atoms with E-state index in [0.29, 0.717) is 12.2 Å². The first-order valence-electron chi connectivity index (χ1n) is 5.43. The van der Waals surface area contributed by atoms with Crippen molar-refractivity contribution >= 4 is 0 Å². The zero-order valence-electron chi connectivity index (χ0n) is 8.79. The third kappa shape index (κ3) is 1.10. The average molecular weight is 207 g/mol. The Morgan fingerprint density at radius 3 is 2.67 bits per heavy atom. The van der Waals surface area contributed by atoms with Crippen LogP contribution < -0.4 is 0 Å². The van der Waals surface area contributed by atoms with Crippen molar-refractivity contribution in [3.05, 3.63) is 29.8 Å². The van der Waals surface area contributed by atoms with E-state index in [9.17, 15) is 4.39 Å². The highest BCUT2D eigenvalue weighted by Crippen LogP contribution is 2.62. The fourth-order valence-electron chi connectivity index (χ4n) is 2.70. The predicted molar refractivity (Wildman–Crippen MR) is 53.8 cm³/mol. The Morgan fingerprint density at radius 1 is 1.47 bits per heavy atom. The topological polar surface area (TPSA) is 25.4 Å². The van der Waals surface area contributed by atoms with Gasteiger partial charge in [0.2, 0.25) is 5.95 Å². The normalized spacial score (nSPS) is 32.1. The van der Waals surface area contributed by atoms with Crippen LogP contribution in [0.5, 0.6) is 0 Å². The van der Waals surface area contributed by atoms with Crippen LogP contribution in [0.15, 0.2) is 18.3 Å². The Kier molecular flexibility index (Phi) is 1.72. The van der Waals surface area contributed by atoms with Crippen molar-refractivity contribution < 1.29 is 9.13 Å². The lowest BCUT2D eigenvalue weighted by molar-refractivity contribution is 0.0311. The third-order valence-corrected chi connectivity index (χ3v) is 4.06. The first kappa shape index (κ1) is 9.28. The molecule has 0 amide bonds. The Labute approximate surface area is 88.5 Å². The lowest BCUT2D eigenvalue weighted by Gasteiger charge is -2.43. The third-order valence-electron chi connectivity index (χ3n) is 4.06. The molecule has 2 fully saturated rings. The summed E-state index contributed by atoms with van der Waals surface area (Å²) in [6.45, 7) is 2.84. The monoisotopic (exact) mass is 207 g/mol. The van der Waals surface area contributed by atoms with Crippen LogP contribution in [0.4, 0.5) is 4.39 Å². The molecule has 1 aromatic heterocycles. The predicted octanol–water partition coefficient (Wildman–Crippen LogP) is 2.64. The second kappa shape index (κ2) is 2.79. The van der Waals surface area contributed by atoms with Crippen molar-refractivity contribution in [1.82, 2.24) is 4.98 Å². The van der Waals surface area contributed by atoms with E-state index in [1.54, 1.807) is 12.1 Å². The first-order valence-corrected chi connectivity index (χ1v) is 5.43. The van der Waals surface area contributed by atoms with E-state index in [-0.39, 0.29) is 17.0 Å². The van der Waals surface area contributed by atoms with Gasteiger partial charge < -0.3 is 4.74 Å². The van der Waals surface area contributed by atoms with E-state index < -0.39 is 0 Å². The minimum atomic E-state index is -0.372. The van der Waals surface area contributed by atoms with Gasteiger partial charge >= 0.3 is 0 Å². The van der Waals surface area contributed by atoms with E-state index in [4.69, 9.17) is 4.74 Å². The number of nitrogens with zero attached hydrogens (tertiary/aromatic N) is 1. The molecule has 1 atom stereocenters. The Morgan fingerprint density at radius 2 is 2.20 bits per heavy atom. The summed E-state index contributed by atoms with van der Waals surface area (Å²) in [6.07, 6.45) is 4.96. The van der Waals surface area contributed by atoms with Gasteiger partial charge in [-0.05, 0) is 25.0 Å². The molecule has 0 radical (unpaired) electrons. The summed E-state index contributed by atoms with van der Waals surface area (Å²) in [5, 5.41) is 0. The lowest BCUT2D eigenvalue weighted by atomic mass is 9.60. The van der Waals surface area contributed by atoms with Crippen LogP contribution in [0.2, 0.25) is 0 Å². The number of halogens is 1. The molecule has 0 bridgehead atoms. The first-order chi connectivity index (χ1) is 7.18. The van der Waals surface area contributed by atoms with Crippen LogP contribution in [-0.4, -0.2) is 11.6 Å². The maximum Gasteiger partial charge on any atom is 0.219 e. The molecule has 2 aliphatic rings. The molecule has 0 aromatic carbocycles. The molecule has 15 heavy (non-hydrogen) atoms. The molecule has 80 valence electrons. The molecule has 1 saturated heterocycles. The van der Waals surface area contributed by atoms with Gasteiger partial charge in [0.1, 0.15) is 5.60 Å². The SMILES string of the molecule is CC1(C2(c3cccnc3F)CO2)CCC1. The molecule has 1 aliphatic carbocycles. The minimum Gasteiger partial charge on any atom is -0.364 e. The van der Waals surface area contributed by atoms with Crippen LogP contribution in [0, 0.1) is 11.4 Å². The maximum absolute atomic E-state index is 13.6. The molecule has 3 heteroatoms. The highest BCUT2D eigenvalue weighted by atomic mass is 19.1. The van der Waals surface area contributed by atoms with Crippen LogP contribution in [0.25, 0.3) is 0 Å². The molecule has 3 rings (SSSR count). The molecule has 1 aliphatic heterocycles. The standard InChI is InChI=1S/C12H14FNO/c1-11(5-3-6-11)12(8-15-12)9-4-2-7-14-10(9)13/h2,4,7H,3,5-6,8H2,1H3. The highest BCUT2D eigenvalue weighted by Gasteiger charge is 2.63. The second-order valence-electron chi connectivity index (χ2n) is 4.87. The number of hydrogen-bond acceptors (Lipinski definition) is 2. The summed E-state index contributed by atoms with van der Waals surface area (Å²) < 4.78 is 19.2. The summed E-state index contributed by atoms with van der Waals surface area (Å²) in [4.78, 5) is 3.71. The Hall–Kier alpha value is -0.960. The summed E-state index contributed by atoms with van der Waals surface area (Å²) in [5.74, 6) is -0.372. The minimum absolute atomic E-state index is 0.122. The van der Waals surface area contributed by atoms with Gasteiger partial charge in [-0.1, -0.05) is 13.3 Å². The highest BCUT2D eigenvalue weighted by molar-refractivity contribution is 5.29. The maximum atomic E-state index is 13.6. The zero-order chi connectivity index (χ0) is 10.5. The van der Waals surface area contributed by atoms with E-state index in [0.717, 1.165) is 12.8 Å². The molecule has 0 spiro atoms. The summed E-state index contributed by atoms with van der Waals surface area (Å²) >= 11 is 0. The van der Waals surface area contributed by atoms with Gasteiger partial charge in [0.05, 0.1) is 6.61 Å². The van der Waals surface area contributed by atoms with E-state index in [2.05, 4.69) is 11.9 Å². The Bertz CT molecular complexity index is 396. The summed E-state index contributed by atoms with van der Waals surface area (Å²) in [6, 6.07) is 3.59. The van der Waals surface area contributed by atoms with Crippen molar-refractivity contribution in [2.24, 2.45) is 5.41 Å². The van der Waals surface area contributed by atoms with Crippen molar-refractivity contribution in [3.8, 4) is 0 Å². The summed E-state index contributed by atoms with van der Waals surface area (Å²) in [7, 11) is 0.